The molecule has 0 radical (unpaired) electrons. The van der Waals surface area contributed by atoms with E-state index in [0.29, 0.717) is 0 Å². The number of hydrogen-bond donors (Lipinski definition) is 1. The Morgan fingerprint density at radius 3 is 2.57 bits per heavy atom. The quantitative estimate of drug-likeness (QED) is 0.287. The molecule has 2 aromatic heterocycles. The van der Waals surface area contributed by atoms with Crippen LogP contribution in [-0.4, -0.2) is 60.2 Å². The number of aliphatic imine (C=N–C) groups is 1. The van der Waals surface area contributed by atoms with Crippen LogP contribution in [0.15, 0.2) is 58.6 Å². The molecule has 0 atom stereocenters. The van der Waals surface area contributed by atoms with Crippen molar-refractivity contribution in [2.45, 2.75) is 19.4 Å². The predicted molar refractivity (Wildman–Crippen MR) is 125 cm³/mol. The molecule has 0 saturated carbocycles. The average molecular weight is 496 g/mol. The topological polar surface area (TPSA) is 65.8 Å². The van der Waals surface area contributed by atoms with E-state index in [1.54, 1.807) is 16.7 Å². The van der Waals surface area contributed by atoms with Crippen molar-refractivity contribution in [1.82, 2.24) is 19.8 Å². The van der Waals surface area contributed by atoms with Crippen LogP contribution in [-0.2, 0) is 6.54 Å². The standard InChI is InChI=1S/C20H28N6O.HI/c1-21-20(23-11-5-7-13-25-12-6-3-9-19(25)27)26-16-14-24(15-17-26)18-8-2-4-10-22-18;/h2-4,6,8-10,12H,5,7,11,13-17H2,1H3,(H,21,23);1H. The summed E-state index contributed by atoms with van der Waals surface area (Å²) in [5.41, 5.74) is 0.0621. The van der Waals surface area contributed by atoms with Crippen molar-refractivity contribution >= 4 is 35.8 Å². The third-order valence-electron chi connectivity index (χ3n) is 4.77. The molecule has 0 spiro atoms. The zero-order valence-electron chi connectivity index (χ0n) is 16.3. The van der Waals surface area contributed by atoms with Crippen LogP contribution in [0.1, 0.15) is 12.8 Å². The van der Waals surface area contributed by atoms with Crippen molar-refractivity contribution in [2.75, 3.05) is 44.7 Å². The number of hydrogen-bond acceptors (Lipinski definition) is 4. The lowest BCUT2D eigenvalue weighted by molar-refractivity contribution is 0.371. The smallest absolute Gasteiger partial charge is 0.250 e. The van der Waals surface area contributed by atoms with E-state index in [2.05, 4.69) is 31.2 Å². The maximum atomic E-state index is 11.7. The van der Waals surface area contributed by atoms with Crippen molar-refractivity contribution in [2.24, 2.45) is 4.99 Å². The van der Waals surface area contributed by atoms with Crippen molar-refractivity contribution in [3.05, 3.63) is 59.1 Å². The summed E-state index contributed by atoms with van der Waals surface area (Å²) in [7, 11) is 1.83. The minimum atomic E-state index is 0. The van der Waals surface area contributed by atoms with Crippen LogP contribution in [0.4, 0.5) is 5.82 Å². The SMILES string of the molecule is CN=C(NCCCCn1ccccc1=O)N1CCN(c2ccccn2)CC1.I. The third-order valence-corrected chi connectivity index (χ3v) is 4.77. The molecule has 8 heteroatoms. The van der Waals surface area contributed by atoms with Crippen LogP contribution in [0, 0.1) is 0 Å². The molecule has 152 valence electrons. The molecule has 3 heterocycles. The summed E-state index contributed by atoms with van der Waals surface area (Å²) >= 11 is 0. The molecule has 0 aliphatic carbocycles. The van der Waals surface area contributed by atoms with Crippen molar-refractivity contribution in [3.63, 3.8) is 0 Å². The second-order valence-electron chi connectivity index (χ2n) is 6.58. The summed E-state index contributed by atoms with van der Waals surface area (Å²) in [5.74, 6) is 1.99. The Balaban J connectivity index is 0.00000280. The van der Waals surface area contributed by atoms with Gasteiger partial charge in [-0.05, 0) is 31.0 Å². The molecule has 0 amide bonds. The number of nitrogens with zero attached hydrogens (tertiary/aromatic N) is 5. The lowest BCUT2D eigenvalue weighted by Gasteiger charge is -2.37. The van der Waals surface area contributed by atoms with E-state index in [0.717, 1.165) is 63.9 Å². The van der Waals surface area contributed by atoms with Gasteiger partial charge in [-0.25, -0.2) is 4.98 Å². The van der Waals surface area contributed by atoms with Gasteiger partial charge in [-0.1, -0.05) is 12.1 Å². The fraction of sp³-hybridized carbons (Fsp3) is 0.450. The minimum Gasteiger partial charge on any atom is -0.356 e. The third kappa shape index (κ3) is 6.22. The molecule has 0 bridgehead atoms. The van der Waals surface area contributed by atoms with Crippen LogP contribution in [0.5, 0.6) is 0 Å². The van der Waals surface area contributed by atoms with Crippen molar-refractivity contribution < 1.29 is 0 Å². The summed E-state index contributed by atoms with van der Waals surface area (Å²) in [6, 6.07) is 11.3. The van der Waals surface area contributed by atoms with Gasteiger partial charge in [0, 0.05) is 64.8 Å². The molecule has 1 N–H and O–H groups in total. The lowest BCUT2D eigenvalue weighted by Crippen LogP contribution is -2.52. The highest BCUT2D eigenvalue weighted by molar-refractivity contribution is 14.0. The van der Waals surface area contributed by atoms with Crippen LogP contribution in [0.2, 0.25) is 0 Å². The number of unbranched alkanes of at least 4 members (excludes halogenated alkanes) is 1. The average Bonchev–Trinajstić information content (AvgIpc) is 2.73. The highest BCUT2D eigenvalue weighted by Gasteiger charge is 2.20. The maximum absolute atomic E-state index is 11.7. The van der Waals surface area contributed by atoms with Gasteiger partial charge in [-0.2, -0.15) is 0 Å². The Hall–Kier alpha value is -2.10. The van der Waals surface area contributed by atoms with Gasteiger partial charge in [0.05, 0.1) is 0 Å². The van der Waals surface area contributed by atoms with Gasteiger partial charge < -0.3 is 19.7 Å². The van der Waals surface area contributed by atoms with E-state index in [-0.39, 0.29) is 29.5 Å². The summed E-state index contributed by atoms with van der Waals surface area (Å²) in [4.78, 5) is 25.1. The van der Waals surface area contributed by atoms with Gasteiger partial charge in [0.15, 0.2) is 5.96 Å². The van der Waals surface area contributed by atoms with E-state index in [1.165, 1.54) is 0 Å². The van der Waals surface area contributed by atoms with Gasteiger partial charge >= 0.3 is 0 Å². The molecule has 1 aliphatic rings. The van der Waals surface area contributed by atoms with E-state index in [9.17, 15) is 4.79 Å². The Kier molecular flexibility index (Phi) is 9.26. The second-order valence-corrected chi connectivity index (χ2v) is 6.58. The first-order valence-corrected chi connectivity index (χ1v) is 9.55. The zero-order chi connectivity index (χ0) is 18.9. The summed E-state index contributed by atoms with van der Waals surface area (Å²) in [6.45, 7) is 5.34. The Morgan fingerprint density at radius 2 is 1.89 bits per heavy atom. The second kappa shape index (κ2) is 11.7. The molecule has 28 heavy (non-hydrogen) atoms. The first-order chi connectivity index (χ1) is 13.3. The number of pyridine rings is 2. The fourth-order valence-electron chi connectivity index (χ4n) is 3.27. The van der Waals surface area contributed by atoms with Crippen molar-refractivity contribution in [3.8, 4) is 0 Å². The number of piperazine rings is 1. The summed E-state index contributed by atoms with van der Waals surface area (Å²) in [5, 5.41) is 3.45. The highest BCUT2D eigenvalue weighted by Crippen LogP contribution is 2.12. The molecule has 1 fully saturated rings. The Morgan fingerprint density at radius 1 is 1.11 bits per heavy atom. The van der Waals surface area contributed by atoms with E-state index in [4.69, 9.17) is 0 Å². The molecule has 0 aromatic carbocycles. The number of aromatic nitrogens is 2. The number of rotatable bonds is 6. The number of guanidine groups is 1. The highest BCUT2D eigenvalue weighted by atomic mass is 127. The molecule has 1 saturated heterocycles. The van der Waals surface area contributed by atoms with Crippen LogP contribution in [0.25, 0.3) is 0 Å². The Bertz CT molecular complexity index is 787. The zero-order valence-corrected chi connectivity index (χ0v) is 18.7. The molecule has 3 rings (SSSR count). The van der Waals surface area contributed by atoms with E-state index < -0.39 is 0 Å². The molecule has 0 unspecified atom stereocenters. The molecule has 7 nitrogen and oxygen atoms in total. The number of aryl methyl sites for hydroxylation is 1. The molecule has 1 aliphatic heterocycles. The van der Waals surface area contributed by atoms with E-state index >= 15 is 0 Å². The Labute approximate surface area is 183 Å². The monoisotopic (exact) mass is 496 g/mol. The van der Waals surface area contributed by atoms with Crippen LogP contribution < -0.4 is 15.8 Å². The van der Waals surface area contributed by atoms with Gasteiger partial charge in [0.1, 0.15) is 5.82 Å². The van der Waals surface area contributed by atoms with Gasteiger partial charge in [0.25, 0.3) is 0 Å². The first-order valence-electron chi connectivity index (χ1n) is 9.55. The van der Waals surface area contributed by atoms with Gasteiger partial charge in [-0.15, -0.1) is 24.0 Å². The number of halogens is 1. The minimum absolute atomic E-state index is 0. The fourth-order valence-corrected chi connectivity index (χ4v) is 3.27. The van der Waals surface area contributed by atoms with Crippen LogP contribution in [0.3, 0.4) is 0 Å². The van der Waals surface area contributed by atoms with Gasteiger partial charge in [0.2, 0.25) is 5.56 Å². The predicted octanol–water partition coefficient (Wildman–Crippen LogP) is 2.04. The first kappa shape index (κ1) is 22.2. The van der Waals surface area contributed by atoms with E-state index in [1.807, 2.05) is 37.6 Å². The lowest BCUT2D eigenvalue weighted by atomic mass is 10.3. The number of nitrogens with one attached hydrogen (secondary N) is 1. The summed E-state index contributed by atoms with van der Waals surface area (Å²) < 4.78 is 1.76. The van der Waals surface area contributed by atoms with Crippen molar-refractivity contribution in [1.29, 1.82) is 0 Å². The molecule has 2 aromatic rings. The normalized spacial score (nSPS) is 14.5. The summed E-state index contributed by atoms with van der Waals surface area (Å²) in [6.07, 6.45) is 5.64. The van der Waals surface area contributed by atoms with Crippen LogP contribution >= 0.6 is 24.0 Å². The van der Waals surface area contributed by atoms with Gasteiger partial charge in [-0.3, -0.25) is 9.79 Å². The largest absolute Gasteiger partial charge is 0.356 e. The molecular weight excluding hydrogens is 467 g/mol. The maximum Gasteiger partial charge on any atom is 0.250 e. The number of anilines is 1. The molecular formula is C20H29IN6O.